The number of rotatable bonds is 5. The number of carbonyl (C=O) groups excluding carboxylic acids is 1. The molecule has 116 valence electrons. The maximum atomic E-state index is 12.2. The Morgan fingerprint density at radius 1 is 1.09 bits per heavy atom. The van der Waals surface area contributed by atoms with Crippen molar-refractivity contribution in [1.29, 1.82) is 0 Å². The smallest absolute Gasteiger partial charge is 0.228 e. The summed E-state index contributed by atoms with van der Waals surface area (Å²) in [7, 11) is 3.04. The molecule has 0 unspecified atom stereocenters. The summed E-state index contributed by atoms with van der Waals surface area (Å²) in [6, 6.07) is 11.1. The van der Waals surface area contributed by atoms with Gasteiger partial charge in [0, 0.05) is 12.1 Å². The van der Waals surface area contributed by atoms with Gasteiger partial charge >= 0.3 is 0 Å². The highest BCUT2D eigenvalue weighted by Crippen LogP contribution is 2.35. The summed E-state index contributed by atoms with van der Waals surface area (Å²) in [6.07, 6.45) is 0.286. The lowest BCUT2D eigenvalue weighted by atomic mass is 10.1. The van der Waals surface area contributed by atoms with Gasteiger partial charge in [0.1, 0.15) is 11.5 Å². The van der Waals surface area contributed by atoms with Crippen LogP contribution in [-0.4, -0.2) is 20.1 Å². The number of aryl methyl sites for hydroxylation is 1. The van der Waals surface area contributed by atoms with Crippen molar-refractivity contribution >= 4 is 23.2 Å². The number of hydrogen-bond acceptors (Lipinski definition) is 3. The number of ether oxygens (including phenoxy) is 2. The zero-order valence-electron chi connectivity index (χ0n) is 12.8. The average Bonchev–Trinajstić information content (AvgIpc) is 2.50. The van der Waals surface area contributed by atoms with Gasteiger partial charge in [-0.25, -0.2) is 0 Å². The van der Waals surface area contributed by atoms with Crippen LogP contribution in [0, 0.1) is 6.92 Å². The van der Waals surface area contributed by atoms with E-state index in [-0.39, 0.29) is 12.3 Å². The molecule has 0 radical (unpaired) electrons. The lowest BCUT2D eigenvalue weighted by molar-refractivity contribution is -0.115. The van der Waals surface area contributed by atoms with Crippen molar-refractivity contribution in [2.75, 3.05) is 19.5 Å². The molecule has 0 atom stereocenters. The monoisotopic (exact) mass is 319 g/mol. The van der Waals surface area contributed by atoms with Crippen molar-refractivity contribution in [2.45, 2.75) is 13.3 Å². The van der Waals surface area contributed by atoms with Crippen molar-refractivity contribution in [3.8, 4) is 11.5 Å². The molecule has 1 amide bonds. The van der Waals surface area contributed by atoms with Crippen LogP contribution < -0.4 is 14.8 Å². The van der Waals surface area contributed by atoms with Gasteiger partial charge in [0.15, 0.2) is 0 Å². The van der Waals surface area contributed by atoms with E-state index in [4.69, 9.17) is 21.1 Å². The number of hydrogen-bond donors (Lipinski definition) is 1. The van der Waals surface area contributed by atoms with E-state index >= 15 is 0 Å². The Morgan fingerprint density at radius 3 is 2.32 bits per heavy atom. The van der Waals surface area contributed by atoms with Gasteiger partial charge in [0.05, 0.1) is 31.4 Å². The second-order valence-corrected chi connectivity index (χ2v) is 5.30. The zero-order valence-corrected chi connectivity index (χ0v) is 13.5. The molecule has 0 bridgehead atoms. The molecule has 2 rings (SSSR count). The van der Waals surface area contributed by atoms with E-state index in [1.54, 1.807) is 12.1 Å². The summed E-state index contributed by atoms with van der Waals surface area (Å²) in [5.41, 5.74) is 2.64. The third-order valence-electron chi connectivity index (χ3n) is 3.23. The highest BCUT2D eigenvalue weighted by molar-refractivity contribution is 6.32. The molecule has 1 N–H and O–H groups in total. The van der Waals surface area contributed by atoms with Crippen molar-refractivity contribution < 1.29 is 14.3 Å². The van der Waals surface area contributed by atoms with Gasteiger partial charge in [0.25, 0.3) is 0 Å². The third kappa shape index (κ3) is 3.92. The van der Waals surface area contributed by atoms with Crippen LogP contribution >= 0.6 is 11.6 Å². The highest BCUT2D eigenvalue weighted by atomic mass is 35.5. The molecule has 2 aromatic rings. The molecule has 0 saturated carbocycles. The molecule has 0 fully saturated rings. The normalized spacial score (nSPS) is 10.2. The molecule has 0 aliphatic carbocycles. The van der Waals surface area contributed by atoms with Crippen LogP contribution in [0.5, 0.6) is 11.5 Å². The zero-order chi connectivity index (χ0) is 16.1. The van der Waals surface area contributed by atoms with E-state index < -0.39 is 0 Å². The van der Waals surface area contributed by atoms with Gasteiger partial charge < -0.3 is 14.8 Å². The summed E-state index contributed by atoms with van der Waals surface area (Å²) < 4.78 is 10.4. The lowest BCUT2D eigenvalue weighted by Crippen LogP contribution is -2.15. The Balaban J connectivity index is 2.15. The lowest BCUT2D eigenvalue weighted by Gasteiger charge is -2.13. The number of benzene rings is 2. The summed E-state index contributed by atoms with van der Waals surface area (Å²) in [4.78, 5) is 12.2. The highest BCUT2D eigenvalue weighted by Gasteiger charge is 2.12. The first kappa shape index (κ1) is 16.2. The molecule has 0 aromatic heterocycles. The second-order valence-electron chi connectivity index (χ2n) is 4.90. The fraction of sp³-hybridized carbons (Fsp3) is 0.235. The van der Waals surface area contributed by atoms with Crippen molar-refractivity contribution in [1.82, 2.24) is 0 Å². The van der Waals surface area contributed by atoms with Crippen LogP contribution in [0.15, 0.2) is 36.4 Å². The van der Waals surface area contributed by atoms with Gasteiger partial charge in [0.2, 0.25) is 5.91 Å². The molecule has 0 spiro atoms. The average molecular weight is 320 g/mol. The minimum atomic E-state index is -0.133. The van der Waals surface area contributed by atoms with Crippen molar-refractivity contribution in [3.63, 3.8) is 0 Å². The second kappa shape index (κ2) is 7.18. The number of halogens is 1. The molecule has 0 saturated heterocycles. The molecule has 22 heavy (non-hydrogen) atoms. The summed E-state index contributed by atoms with van der Waals surface area (Å²) in [5, 5.41) is 3.25. The van der Waals surface area contributed by atoms with Crippen LogP contribution in [0.2, 0.25) is 5.02 Å². The molecule has 2 aromatic carbocycles. The Morgan fingerprint density at radius 2 is 1.73 bits per heavy atom. The largest absolute Gasteiger partial charge is 0.495 e. The van der Waals surface area contributed by atoms with Gasteiger partial charge in [-0.3, -0.25) is 4.79 Å². The van der Waals surface area contributed by atoms with Crippen LogP contribution in [0.3, 0.4) is 0 Å². The van der Waals surface area contributed by atoms with Crippen molar-refractivity contribution in [2.24, 2.45) is 0 Å². The predicted octanol–water partition coefficient (Wildman–Crippen LogP) is 3.85. The van der Waals surface area contributed by atoms with Gasteiger partial charge in [-0.15, -0.1) is 0 Å². The molecular weight excluding hydrogens is 302 g/mol. The standard InChI is InChI=1S/C17H18ClNO3/c1-11-4-6-12(7-5-11)8-17(20)19-14-10-15(21-2)13(18)9-16(14)22-3/h4-7,9-10H,8H2,1-3H3,(H,19,20). The first-order chi connectivity index (χ1) is 10.5. The Labute approximate surface area is 135 Å². The van der Waals surface area contributed by atoms with E-state index in [2.05, 4.69) is 5.32 Å². The maximum absolute atomic E-state index is 12.2. The SMILES string of the molecule is COc1cc(NC(=O)Cc2ccc(C)cc2)c(OC)cc1Cl. The number of anilines is 1. The Hall–Kier alpha value is -2.20. The van der Waals surface area contributed by atoms with E-state index in [0.29, 0.717) is 22.2 Å². The van der Waals surface area contributed by atoms with Gasteiger partial charge in [-0.1, -0.05) is 41.4 Å². The molecule has 4 nitrogen and oxygen atoms in total. The number of carbonyl (C=O) groups is 1. The van der Waals surface area contributed by atoms with Gasteiger partial charge in [-0.05, 0) is 12.5 Å². The minimum absolute atomic E-state index is 0.133. The number of nitrogens with one attached hydrogen (secondary N) is 1. The van der Waals surface area contributed by atoms with E-state index in [1.165, 1.54) is 14.2 Å². The topological polar surface area (TPSA) is 47.6 Å². The number of amides is 1. The van der Waals surface area contributed by atoms with Crippen LogP contribution in [0.25, 0.3) is 0 Å². The van der Waals surface area contributed by atoms with Crippen LogP contribution in [0.1, 0.15) is 11.1 Å². The van der Waals surface area contributed by atoms with Crippen LogP contribution in [0.4, 0.5) is 5.69 Å². The van der Waals surface area contributed by atoms with Crippen molar-refractivity contribution in [3.05, 3.63) is 52.5 Å². The van der Waals surface area contributed by atoms with E-state index in [0.717, 1.165) is 11.1 Å². The quantitative estimate of drug-likeness (QED) is 0.910. The third-order valence-corrected chi connectivity index (χ3v) is 3.53. The fourth-order valence-corrected chi connectivity index (χ4v) is 2.27. The Bertz CT molecular complexity index is 668. The summed E-state index contributed by atoms with van der Waals surface area (Å²) in [6.45, 7) is 2.01. The molecular formula is C17H18ClNO3. The maximum Gasteiger partial charge on any atom is 0.228 e. The number of methoxy groups -OCH3 is 2. The van der Waals surface area contributed by atoms with Gasteiger partial charge in [-0.2, -0.15) is 0 Å². The summed E-state index contributed by atoms with van der Waals surface area (Å²) in [5.74, 6) is 0.836. The van der Waals surface area contributed by atoms with Crippen LogP contribution in [-0.2, 0) is 11.2 Å². The van der Waals surface area contributed by atoms with E-state index in [1.807, 2.05) is 31.2 Å². The first-order valence-electron chi connectivity index (χ1n) is 6.80. The molecule has 0 heterocycles. The van der Waals surface area contributed by atoms with E-state index in [9.17, 15) is 4.79 Å². The predicted molar refractivity (Wildman–Crippen MR) is 88.1 cm³/mol. The minimum Gasteiger partial charge on any atom is -0.495 e. The fourth-order valence-electron chi connectivity index (χ4n) is 2.04. The molecule has 0 aliphatic rings. The molecule has 5 heteroatoms. The molecule has 0 aliphatic heterocycles. The Kier molecular flexibility index (Phi) is 5.28. The first-order valence-corrected chi connectivity index (χ1v) is 7.18. The summed E-state index contributed by atoms with van der Waals surface area (Å²) >= 11 is 6.04.